The summed E-state index contributed by atoms with van der Waals surface area (Å²) in [5.74, 6) is 0.460. The summed E-state index contributed by atoms with van der Waals surface area (Å²) >= 11 is 1.42. The molecule has 1 N–H and O–H groups in total. The van der Waals surface area contributed by atoms with E-state index in [0.29, 0.717) is 16.4 Å². The Morgan fingerprint density at radius 3 is 2.67 bits per heavy atom. The normalized spacial score (nSPS) is 14.5. The molecule has 3 aromatic rings. The Labute approximate surface area is 194 Å². The second-order valence-corrected chi connectivity index (χ2v) is 8.79. The second kappa shape index (κ2) is 9.53. The SMILES string of the molecule is CCCCCSc1n[n+]2c(c(=O)[nH]1)-c1ccccc1N(C(C)=O)[C@H]2c1ccccc1[N+](=O)[O-]. The van der Waals surface area contributed by atoms with Gasteiger partial charge < -0.3 is 0 Å². The van der Waals surface area contributed by atoms with Gasteiger partial charge in [0.2, 0.25) is 11.1 Å². The van der Waals surface area contributed by atoms with E-state index >= 15 is 0 Å². The van der Waals surface area contributed by atoms with Gasteiger partial charge in [0.05, 0.1) is 16.2 Å². The molecule has 9 nitrogen and oxygen atoms in total. The molecule has 0 saturated heterocycles. The fourth-order valence-electron chi connectivity index (χ4n) is 4.05. The average Bonchev–Trinajstić information content (AvgIpc) is 2.80. The van der Waals surface area contributed by atoms with Crippen LogP contribution in [0.5, 0.6) is 0 Å². The first-order valence-corrected chi connectivity index (χ1v) is 11.7. The van der Waals surface area contributed by atoms with Gasteiger partial charge in [-0.05, 0) is 29.3 Å². The number of anilines is 1. The number of nitrogens with zero attached hydrogens (tertiary/aromatic N) is 4. The first-order chi connectivity index (χ1) is 15.9. The highest BCUT2D eigenvalue weighted by Crippen LogP contribution is 2.39. The zero-order valence-corrected chi connectivity index (χ0v) is 19.2. The third-order valence-electron chi connectivity index (χ3n) is 5.50. The molecule has 0 saturated carbocycles. The molecule has 2 heterocycles. The van der Waals surface area contributed by atoms with Crippen LogP contribution in [0.4, 0.5) is 11.4 Å². The predicted octanol–water partition coefficient (Wildman–Crippen LogP) is 3.83. The van der Waals surface area contributed by atoms with Gasteiger partial charge in [0.25, 0.3) is 11.9 Å². The van der Waals surface area contributed by atoms with Crippen LogP contribution in [-0.4, -0.2) is 26.7 Å². The van der Waals surface area contributed by atoms with Crippen molar-refractivity contribution in [2.24, 2.45) is 0 Å². The number of hydrogen-bond donors (Lipinski definition) is 1. The third kappa shape index (κ3) is 4.25. The fraction of sp³-hybridized carbons (Fsp3) is 0.304. The van der Waals surface area contributed by atoms with Crippen molar-refractivity contribution < 1.29 is 14.4 Å². The summed E-state index contributed by atoms with van der Waals surface area (Å²) in [6, 6.07) is 13.3. The molecular formula is C23H24N5O4S+. The Morgan fingerprint density at radius 2 is 1.94 bits per heavy atom. The van der Waals surface area contributed by atoms with Crippen molar-refractivity contribution in [1.29, 1.82) is 0 Å². The summed E-state index contributed by atoms with van der Waals surface area (Å²) in [5.41, 5.74) is 1.07. The molecule has 33 heavy (non-hydrogen) atoms. The van der Waals surface area contributed by atoms with Gasteiger partial charge in [-0.15, -0.1) is 0 Å². The highest BCUT2D eigenvalue weighted by Gasteiger charge is 2.47. The molecule has 0 bridgehead atoms. The van der Waals surface area contributed by atoms with E-state index < -0.39 is 11.1 Å². The number of aromatic amines is 1. The van der Waals surface area contributed by atoms with E-state index in [4.69, 9.17) is 0 Å². The molecule has 2 aromatic carbocycles. The van der Waals surface area contributed by atoms with Gasteiger partial charge in [0, 0.05) is 23.8 Å². The van der Waals surface area contributed by atoms with Crippen LogP contribution in [0, 0.1) is 10.1 Å². The largest absolute Gasteiger partial charge is 0.325 e. The van der Waals surface area contributed by atoms with Gasteiger partial charge in [-0.3, -0.25) is 24.7 Å². The summed E-state index contributed by atoms with van der Waals surface area (Å²) in [5, 5.41) is 16.9. The Hall–Kier alpha value is -3.53. The molecule has 0 radical (unpaired) electrons. The summed E-state index contributed by atoms with van der Waals surface area (Å²) < 4.78 is 1.45. The number of unbranched alkanes of at least 4 members (excludes halogenated alkanes) is 2. The van der Waals surface area contributed by atoms with Crippen molar-refractivity contribution in [3.8, 4) is 11.3 Å². The first-order valence-electron chi connectivity index (χ1n) is 10.8. The molecule has 1 aliphatic heterocycles. The monoisotopic (exact) mass is 466 g/mol. The molecule has 4 rings (SSSR count). The van der Waals surface area contributed by atoms with E-state index in [1.165, 1.54) is 34.3 Å². The molecule has 0 aliphatic carbocycles. The minimum absolute atomic E-state index is 0.147. The van der Waals surface area contributed by atoms with Gasteiger partial charge in [-0.25, -0.2) is 4.90 Å². The van der Waals surface area contributed by atoms with Crippen LogP contribution in [0.15, 0.2) is 58.5 Å². The number of thioether (sulfide) groups is 1. The lowest BCUT2D eigenvalue weighted by Gasteiger charge is -2.31. The maximum absolute atomic E-state index is 13.2. The highest BCUT2D eigenvalue weighted by atomic mass is 32.2. The quantitative estimate of drug-likeness (QED) is 0.186. The number of carbonyl (C=O) groups is 1. The molecule has 1 aromatic heterocycles. The summed E-state index contributed by atoms with van der Waals surface area (Å²) in [6.45, 7) is 3.52. The summed E-state index contributed by atoms with van der Waals surface area (Å²) in [7, 11) is 0. The Balaban J connectivity index is 1.97. The van der Waals surface area contributed by atoms with E-state index in [0.717, 1.165) is 25.0 Å². The Morgan fingerprint density at radius 1 is 1.21 bits per heavy atom. The number of H-pyrrole nitrogens is 1. The molecule has 170 valence electrons. The molecule has 0 unspecified atom stereocenters. The Bertz CT molecular complexity index is 1280. The highest BCUT2D eigenvalue weighted by molar-refractivity contribution is 7.99. The van der Waals surface area contributed by atoms with E-state index in [1.807, 2.05) is 0 Å². The topological polar surface area (TPSA) is 113 Å². The second-order valence-electron chi connectivity index (χ2n) is 7.70. The van der Waals surface area contributed by atoms with Crippen molar-refractivity contribution >= 4 is 29.0 Å². The Kier molecular flexibility index (Phi) is 6.55. The van der Waals surface area contributed by atoms with Crippen LogP contribution in [0.25, 0.3) is 11.3 Å². The van der Waals surface area contributed by atoms with Gasteiger partial charge in [0.15, 0.2) is 0 Å². The molecule has 10 heteroatoms. The number of carbonyl (C=O) groups excluding carboxylic acids is 1. The first kappa shape index (κ1) is 22.7. The lowest BCUT2D eigenvalue weighted by molar-refractivity contribution is -0.763. The number of nitro benzene ring substituents is 1. The van der Waals surface area contributed by atoms with Crippen molar-refractivity contribution in [3.05, 3.63) is 74.6 Å². The molecule has 1 aliphatic rings. The number of nitrogens with one attached hydrogen (secondary N) is 1. The van der Waals surface area contributed by atoms with Gasteiger partial charge in [0.1, 0.15) is 5.56 Å². The van der Waals surface area contributed by atoms with Gasteiger partial charge in [-0.2, -0.15) is 0 Å². The van der Waals surface area contributed by atoms with E-state index in [9.17, 15) is 19.7 Å². The maximum atomic E-state index is 13.2. The third-order valence-corrected chi connectivity index (χ3v) is 6.45. The van der Waals surface area contributed by atoms with Crippen LogP contribution < -0.4 is 15.1 Å². The van der Waals surface area contributed by atoms with Crippen molar-refractivity contribution in [2.45, 2.75) is 44.4 Å². The summed E-state index contributed by atoms with van der Waals surface area (Å²) in [6.07, 6.45) is 2.14. The maximum Gasteiger partial charge on any atom is 0.325 e. The van der Waals surface area contributed by atoms with E-state index in [1.54, 1.807) is 42.5 Å². The van der Waals surface area contributed by atoms with Crippen molar-refractivity contribution in [1.82, 2.24) is 10.1 Å². The summed E-state index contributed by atoms with van der Waals surface area (Å²) in [4.78, 5) is 41.8. The molecule has 0 fully saturated rings. The number of hydrogen-bond acceptors (Lipinski definition) is 6. The fourth-order valence-corrected chi connectivity index (χ4v) is 4.90. The molecule has 0 spiro atoms. The molecular weight excluding hydrogens is 442 g/mol. The smallest absolute Gasteiger partial charge is 0.291 e. The minimum Gasteiger partial charge on any atom is -0.291 e. The number of para-hydroxylation sites is 2. The zero-order chi connectivity index (χ0) is 23.5. The lowest BCUT2D eigenvalue weighted by atomic mass is 10.0. The number of fused-ring (bicyclic) bond motifs is 3. The van der Waals surface area contributed by atoms with E-state index in [2.05, 4.69) is 17.0 Å². The van der Waals surface area contributed by atoms with Crippen LogP contribution >= 0.6 is 11.8 Å². The van der Waals surface area contributed by atoms with Crippen molar-refractivity contribution in [2.75, 3.05) is 10.7 Å². The average molecular weight is 467 g/mol. The molecule has 1 atom stereocenters. The standard InChI is InChI=1S/C23H23N5O4S/c1-3-4-9-14-33-23-24-21(30)20-16-10-5-7-12-18(16)26(15(2)29)22(27(20)25-23)17-11-6-8-13-19(17)28(31)32/h5-8,10-13,22H,3-4,9,14H2,1-2H3/p+1/t22-/m1/s1. The number of nitro groups is 1. The van der Waals surface area contributed by atoms with Crippen LogP contribution in [0.3, 0.4) is 0 Å². The van der Waals surface area contributed by atoms with Crippen LogP contribution in [-0.2, 0) is 4.79 Å². The number of rotatable bonds is 7. The van der Waals surface area contributed by atoms with Crippen LogP contribution in [0.1, 0.15) is 44.8 Å². The number of aromatic nitrogens is 3. The van der Waals surface area contributed by atoms with Gasteiger partial charge >= 0.3 is 11.3 Å². The van der Waals surface area contributed by atoms with Crippen LogP contribution in [0.2, 0.25) is 0 Å². The predicted molar refractivity (Wildman–Crippen MR) is 125 cm³/mol. The zero-order valence-electron chi connectivity index (χ0n) is 18.4. The number of benzene rings is 2. The minimum atomic E-state index is -0.980. The van der Waals surface area contributed by atoms with Gasteiger partial charge in [-0.1, -0.05) is 55.8 Å². The van der Waals surface area contributed by atoms with E-state index in [-0.39, 0.29) is 28.4 Å². The molecule has 1 amide bonds. The number of amides is 1. The van der Waals surface area contributed by atoms with Crippen molar-refractivity contribution in [3.63, 3.8) is 0 Å². The lowest BCUT2D eigenvalue weighted by Crippen LogP contribution is -2.60.